The molecule has 0 radical (unpaired) electrons. The highest BCUT2D eigenvalue weighted by Crippen LogP contribution is 2.26. The summed E-state index contributed by atoms with van der Waals surface area (Å²) in [5.41, 5.74) is 1.66. The number of hydrogen-bond donors (Lipinski definition) is 0. The number of rotatable bonds is 3. The quantitative estimate of drug-likeness (QED) is 0.667. The molecular formula is C14H9FN2OS. The fourth-order valence-electron chi connectivity index (χ4n) is 1.56. The molecule has 0 spiro atoms. The van der Waals surface area contributed by atoms with Crippen molar-refractivity contribution >= 4 is 22.7 Å². The van der Waals surface area contributed by atoms with Gasteiger partial charge in [-0.25, -0.2) is 14.4 Å². The first-order valence-corrected chi connectivity index (χ1v) is 6.48. The zero-order valence-corrected chi connectivity index (χ0v) is 10.6. The van der Waals surface area contributed by atoms with Crippen LogP contribution in [0.3, 0.4) is 0 Å². The Labute approximate surface area is 113 Å². The third kappa shape index (κ3) is 2.77. The molecule has 0 saturated heterocycles. The average molecular weight is 272 g/mol. The van der Waals surface area contributed by atoms with Crippen molar-refractivity contribution in [3.05, 3.63) is 59.6 Å². The van der Waals surface area contributed by atoms with Crippen LogP contribution in [0.15, 0.2) is 57.5 Å². The number of nitrogens with zero attached hydrogens (tertiary/aromatic N) is 2. The molecule has 3 aromatic rings. The highest BCUT2D eigenvalue weighted by atomic mass is 32.1. The number of aromatic nitrogens is 1. The van der Waals surface area contributed by atoms with Gasteiger partial charge in [0.2, 0.25) is 5.13 Å². The number of halogens is 1. The highest BCUT2D eigenvalue weighted by molar-refractivity contribution is 7.13. The molecule has 0 aliphatic heterocycles. The Morgan fingerprint density at radius 2 is 2.05 bits per heavy atom. The van der Waals surface area contributed by atoms with E-state index >= 15 is 0 Å². The van der Waals surface area contributed by atoms with Crippen LogP contribution in [0.25, 0.3) is 11.3 Å². The van der Waals surface area contributed by atoms with Crippen LogP contribution >= 0.6 is 11.3 Å². The Bertz CT molecular complexity index is 687. The van der Waals surface area contributed by atoms with Gasteiger partial charge in [0.25, 0.3) is 0 Å². The van der Waals surface area contributed by atoms with Gasteiger partial charge in [0.05, 0.1) is 18.2 Å². The maximum atomic E-state index is 12.8. The topological polar surface area (TPSA) is 38.4 Å². The van der Waals surface area contributed by atoms with Gasteiger partial charge < -0.3 is 4.42 Å². The summed E-state index contributed by atoms with van der Waals surface area (Å²) in [7, 11) is 0. The first-order valence-electron chi connectivity index (χ1n) is 5.60. The lowest BCUT2D eigenvalue weighted by atomic mass is 10.2. The zero-order chi connectivity index (χ0) is 13.1. The standard InChI is InChI=1S/C14H9FN2OS/c15-11-5-3-10(4-6-11)13-9-19-14(17-13)16-8-12-2-1-7-18-12/h1-9H. The van der Waals surface area contributed by atoms with Crippen LogP contribution in [0, 0.1) is 5.82 Å². The maximum absolute atomic E-state index is 12.8. The van der Waals surface area contributed by atoms with Gasteiger partial charge >= 0.3 is 0 Å². The normalized spacial score (nSPS) is 11.2. The fraction of sp³-hybridized carbons (Fsp3) is 0. The van der Waals surface area contributed by atoms with E-state index in [0.717, 1.165) is 11.3 Å². The molecule has 0 N–H and O–H groups in total. The number of hydrogen-bond acceptors (Lipinski definition) is 4. The Morgan fingerprint density at radius 1 is 1.21 bits per heavy atom. The van der Waals surface area contributed by atoms with Crippen molar-refractivity contribution in [1.29, 1.82) is 0 Å². The SMILES string of the molecule is Fc1ccc(-c2csc(N=Cc3ccco3)n2)cc1. The monoisotopic (exact) mass is 272 g/mol. The molecule has 0 amide bonds. The zero-order valence-electron chi connectivity index (χ0n) is 9.79. The molecule has 0 aliphatic carbocycles. The molecule has 19 heavy (non-hydrogen) atoms. The Kier molecular flexibility index (Phi) is 3.20. The van der Waals surface area contributed by atoms with Gasteiger partial charge in [-0.15, -0.1) is 11.3 Å². The van der Waals surface area contributed by atoms with E-state index in [0.29, 0.717) is 10.9 Å². The van der Waals surface area contributed by atoms with Crippen molar-refractivity contribution in [2.75, 3.05) is 0 Å². The van der Waals surface area contributed by atoms with Crippen LogP contribution in [0.4, 0.5) is 9.52 Å². The second kappa shape index (κ2) is 5.16. The van der Waals surface area contributed by atoms with E-state index in [1.807, 2.05) is 11.4 Å². The number of furan rings is 1. The summed E-state index contributed by atoms with van der Waals surface area (Å²) >= 11 is 1.43. The predicted molar refractivity (Wildman–Crippen MR) is 73.5 cm³/mol. The first kappa shape index (κ1) is 11.8. The summed E-state index contributed by atoms with van der Waals surface area (Å²) in [6.45, 7) is 0. The maximum Gasteiger partial charge on any atom is 0.209 e. The molecule has 2 aromatic heterocycles. The molecule has 0 fully saturated rings. The van der Waals surface area contributed by atoms with Crippen LogP contribution in [0.2, 0.25) is 0 Å². The van der Waals surface area contributed by atoms with E-state index < -0.39 is 0 Å². The molecule has 2 heterocycles. The molecule has 0 bridgehead atoms. The molecule has 94 valence electrons. The predicted octanol–water partition coefficient (Wildman–Crippen LogP) is 4.29. The second-order valence-corrected chi connectivity index (χ2v) is 4.63. The van der Waals surface area contributed by atoms with Crippen LogP contribution in [0.1, 0.15) is 5.76 Å². The summed E-state index contributed by atoms with van der Waals surface area (Å²) < 4.78 is 18.0. The Morgan fingerprint density at radius 3 is 2.79 bits per heavy atom. The van der Waals surface area contributed by atoms with Crippen molar-refractivity contribution in [2.45, 2.75) is 0 Å². The highest BCUT2D eigenvalue weighted by Gasteiger charge is 2.03. The van der Waals surface area contributed by atoms with E-state index in [1.54, 1.807) is 30.7 Å². The van der Waals surface area contributed by atoms with Gasteiger partial charge in [-0.05, 0) is 36.4 Å². The summed E-state index contributed by atoms with van der Waals surface area (Å²) in [4.78, 5) is 8.59. The number of thiazole rings is 1. The lowest BCUT2D eigenvalue weighted by Crippen LogP contribution is -1.78. The molecular weight excluding hydrogens is 263 g/mol. The molecule has 0 unspecified atom stereocenters. The minimum absolute atomic E-state index is 0.255. The van der Waals surface area contributed by atoms with Gasteiger partial charge in [0, 0.05) is 10.9 Å². The van der Waals surface area contributed by atoms with E-state index in [-0.39, 0.29) is 5.82 Å². The summed E-state index contributed by atoms with van der Waals surface area (Å²) in [6.07, 6.45) is 3.21. The molecule has 0 aliphatic rings. The van der Waals surface area contributed by atoms with Crippen molar-refractivity contribution < 1.29 is 8.81 Å². The van der Waals surface area contributed by atoms with Crippen LogP contribution in [-0.2, 0) is 0 Å². The van der Waals surface area contributed by atoms with E-state index in [4.69, 9.17) is 4.42 Å². The molecule has 3 nitrogen and oxygen atoms in total. The Balaban J connectivity index is 1.81. The smallest absolute Gasteiger partial charge is 0.209 e. The fourth-order valence-corrected chi connectivity index (χ4v) is 2.23. The summed E-state index contributed by atoms with van der Waals surface area (Å²) in [5.74, 6) is 0.425. The van der Waals surface area contributed by atoms with E-state index in [2.05, 4.69) is 9.98 Å². The minimum atomic E-state index is -0.255. The lowest BCUT2D eigenvalue weighted by Gasteiger charge is -1.94. The summed E-state index contributed by atoms with van der Waals surface area (Å²) in [6, 6.07) is 9.85. The van der Waals surface area contributed by atoms with Gasteiger partial charge in [-0.1, -0.05) is 0 Å². The average Bonchev–Trinajstić information content (AvgIpc) is 3.09. The van der Waals surface area contributed by atoms with Gasteiger partial charge in [0.15, 0.2) is 0 Å². The molecule has 3 rings (SSSR count). The molecule has 1 aromatic carbocycles. The Hall–Kier alpha value is -2.27. The second-order valence-electron chi connectivity index (χ2n) is 3.80. The van der Waals surface area contributed by atoms with Crippen LogP contribution in [0.5, 0.6) is 0 Å². The molecule has 0 saturated carbocycles. The third-order valence-electron chi connectivity index (χ3n) is 2.48. The third-order valence-corrected chi connectivity index (χ3v) is 3.23. The van der Waals surface area contributed by atoms with Crippen LogP contribution in [-0.4, -0.2) is 11.2 Å². The van der Waals surface area contributed by atoms with Crippen molar-refractivity contribution in [2.24, 2.45) is 4.99 Å². The van der Waals surface area contributed by atoms with Gasteiger partial charge in [-0.2, -0.15) is 0 Å². The molecule has 5 heteroatoms. The minimum Gasteiger partial charge on any atom is -0.463 e. The largest absolute Gasteiger partial charge is 0.463 e. The van der Waals surface area contributed by atoms with Crippen LogP contribution < -0.4 is 0 Å². The van der Waals surface area contributed by atoms with E-state index in [9.17, 15) is 4.39 Å². The number of aliphatic imine (C=N–C) groups is 1. The number of benzene rings is 1. The van der Waals surface area contributed by atoms with Crippen molar-refractivity contribution in [3.8, 4) is 11.3 Å². The van der Waals surface area contributed by atoms with Gasteiger partial charge in [-0.3, -0.25) is 0 Å². The first-order chi connectivity index (χ1) is 9.31. The van der Waals surface area contributed by atoms with Crippen molar-refractivity contribution in [1.82, 2.24) is 4.98 Å². The molecule has 0 atom stereocenters. The summed E-state index contributed by atoms with van der Waals surface area (Å²) in [5, 5.41) is 2.53. The lowest BCUT2D eigenvalue weighted by molar-refractivity contribution is 0.560. The van der Waals surface area contributed by atoms with Gasteiger partial charge in [0.1, 0.15) is 11.6 Å². The van der Waals surface area contributed by atoms with E-state index in [1.165, 1.54) is 23.5 Å². The van der Waals surface area contributed by atoms with Crippen molar-refractivity contribution in [3.63, 3.8) is 0 Å².